The Hall–Kier alpha value is -2.28. The van der Waals surface area contributed by atoms with Gasteiger partial charge in [-0.1, -0.05) is 29.8 Å². The van der Waals surface area contributed by atoms with Crippen molar-refractivity contribution in [1.82, 2.24) is 10.2 Å². The summed E-state index contributed by atoms with van der Waals surface area (Å²) < 4.78 is 0. The van der Waals surface area contributed by atoms with Crippen LogP contribution in [0, 0.1) is 18.3 Å². The molecule has 0 aromatic heterocycles. The van der Waals surface area contributed by atoms with Crippen LogP contribution < -0.4 is 5.32 Å². The molecule has 1 aliphatic heterocycles. The minimum absolute atomic E-state index is 0.159. The zero-order valence-corrected chi connectivity index (χ0v) is 12.4. The maximum atomic E-state index is 12.2. The zero-order valence-electron chi connectivity index (χ0n) is 12.4. The Bertz CT molecular complexity index is 548. The average Bonchev–Trinajstić information content (AvgIpc) is 2.53. The molecule has 110 valence electrons. The van der Waals surface area contributed by atoms with E-state index in [9.17, 15) is 4.79 Å². The third-order valence-corrected chi connectivity index (χ3v) is 3.67. The highest BCUT2D eigenvalue weighted by Crippen LogP contribution is 2.11. The molecule has 1 aliphatic rings. The number of benzene rings is 1. The second-order valence-corrected chi connectivity index (χ2v) is 5.39. The Morgan fingerprint density at radius 2 is 1.95 bits per heavy atom. The maximum absolute atomic E-state index is 12.2. The molecule has 1 fully saturated rings. The number of amides is 1. The van der Waals surface area contributed by atoms with Gasteiger partial charge in [0.2, 0.25) is 0 Å². The predicted octanol–water partition coefficient (Wildman–Crippen LogP) is 2.50. The first-order valence-electron chi connectivity index (χ1n) is 7.39. The molecule has 0 aliphatic carbocycles. The second-order valence-electron chi connectivity index (χ2n) is 5.39. The number of hydrogen-bond donors (Lipinski definition) is 1. The normalized spacial score (nSPS) is 15.4. The van der Waals surface area contributed by atoms with Crippen LogP contribution in [-0.2, 0) is 11.3 Å². The molecule has 1 saturated heterocycles. The van der Waals surface area contributed by atoms with E-state index in [-0.39, 0.29) is 11.5 Å². The number of nitrogens with one attached hydrogen (secondary N) is 1. The first-order valence-corrected chi connectivity index (χ1v) is 7.39. The van der Waals surface area contributed by atoms with Crippen LogP contribution in [0.2, 0.25) is 0 Å². The third kappa shape index (κ3) is 4.35. The van der Waals surface area contributed by atoms with Gasteiger partial charge in [0.05, 0.1) is 0 Å². The lowest BCUT2D eigenvalue weighted by atomic mass is 10.1. The number of aryl methyl sites for hydroxylation is 1. The van der Waals surface area contributed by atoms with Crippen LogP contribution in [0.4, 0.5) is 0 Å². The highest BCUT2D eigenvalue weighted by atomic mass is 16.2. The largest absolute Gasteiger partial charge is 0.386 e. The summed E-state index contributed by atoms with van der Waals surface area (Å²) in [6.07, 6.45) is 4.76. The number of rotatable bonds is 4. The van der Waals surface area contributed by atoms with Crippen molar-refractivity contribution in [3.8, 4) is 6.07 Å². The summed E-state index contributed by atoms with van der Waals surface area (Å²) in [6.45, 7) is 4.17. The lowest BCUT2D eigenvalue weighted by Crippen LogP contribution is -2.36. The monoisotopic (exact) mass is 283 g/mol. The van der Waals surface area contributed by atoms with Crippen LogP contribution in [0.5, 0.6) is 0 Å². The van der Waals surface area contributed by atoms with Crippen LogP contribution in [0.3, 0.4) is 0 Å². The second kappa shape index (κ2) is 7.49. The number of carbonyl (C=O) groups is 1. The van der Waals surface area contributed by atoms with Crippen molar-refractivity contribution >= 4 is 5.91 Å². The van der Waals surface area contributed by atoms with Gasteiger partial charge in [-0.2, -0.15) is 5.26 Å². The van der Waals surface area contributed by atoms with Crippen LogP contribution in [0.1, 0.15) is 30.4 Å². The fourth-order valence-corrected chi connectivity index (χ4v) is 2.39. The first kappa shape index (κ1) is 15.1. The quantitative estimate of drug-likeness (QED) is 0.682. The fourth-order valence-electron chi connectivity index (χ4n) is 2.39. The fraction of sp³-hybridized carbons (Fsp3) is 0.412. The van der Waals surface area contributed by atoms with Crippen LogP contribution in [0.25, 0.3) is 0 Å². The highest BCUT2D eigenvalue weighted by Gasteiger charge is 2.19. The molecular weight excluding hydrogens is 262 g/mol. The van der Waals surface area contributed by atoms with Crippen LogP contribution in [0.15, 0.2) is 36.0 Å². The van der Waals surface area contributed by atoms with E-state index >= 15 is 0 Å². The Labute approximate surface area is 126 Å². The van der Waals surface area contributed by atoms with Crippen LogP contribution >= 0.6 is 0 Å². The van der Waals surface area contributed by atoms with Crippen molar-refractivity contribution in [1.29, 1.82) is 5.26 Å². The first-order chi connectivity index (χ1) is 10.2. The summed E-state index contributed by atoms with van der Waals surface area (Å²) in [6, 6.07) is 10.2. The molecule has 0 saturated carbocycles. The molecule has 0 radical (unpaired) electrons. The molecule has 1 heterocycles. The van der Waals surface area contributed by atoms with Gasteiger partial charge in [-0.25, -0.2) is 0 Å². The molecule has 21 heavy (non-hydrogen) atoms. The van der Waals surface area contributed by atoms with Crippen molar-refractivity contribution in [2.45, 2.75) is 32.7 Å². The molecule has 0 atom stereocenters. The van der Waals surface area contributed by atoms with Gasteiger partial charge < -0.3 is 10.2 Å². The number of nitriles is 1. The van der Waals surface area contributed by atoms with Crippen molar-refractivity contribution < 1.29 is 4.79 Å². The van der Waals surface area contributed by atoms with Gasteiger partial charge in [0.1, 0.15) is 11.6 Å². The van der Waals surface area contributed by atoms with Crippen molar-refractivity contribution in [3.05, 3.63) is 47.2 Å². The SMILES string of the molecule is Cc1ccc(CN/C=C(/C#N)C(=O)N2CCCCC2)cc1. The van der Waals surface area contributed by atoms with E-state index < -0.39 is 0 Å². The molecular formula is C17H21N3O. The number of carbonyl (C=O) groups excluding carboxylic acids is 1. The van der Waals surface area contributed by atoms with Crippen molar-refractivity contribution in [2.75, 3.05) is 13.1 Å². The molecule has 1 N–H and O–H groups in total. The van der Waals surface area contributed by atoms with Gasteiger partial charge in [-0.05, 0) is 31.7 Å². The van der Waals surface area contributed by atoms with E-state index in [1.807, 2.05) is 37.3 Å². The lowest BCUT2D eigenvalue weighted by Gasteiger charge is -2.26. The molecule has 1 aromatic carbocycles. The smallest absolute Gasteiger partial charge is 0.265 e. The zero-order chi connectivity index (χ0) is 15.1. The molecule has 0 spiro atoms. The summed E-state index contributed by atoms with van der Waals surface area (Å²) >= 11 is 0. The Morgan fingerprint density at radius 3 is 2.57 bits per heavy atom. The van der Waals surface area contributed by atoms with Crippen molar-refractivity contribution in [2.24, 2.45) is 0 Å². The standard InChI is InChI=1S/C17H21N3O/c1-14-5-7-15(8-6-14)12-19-13-16(11-18)17(21)20-9-3-2-4-10-20/h5-8,13,19H,2-4,9-10,12H2,1H3/b16-13-. The third-order valence-electron chi connectivity index (χ3n) is 3.67. The van der Waals surface area contributed by atoms with Gasteiger partial charge in [-0.3, -0.25) is 4.79 Å². The van der Waals surface area contributed by atoms with E-state index in [0.717, 1.165) is 31.5 Å². The van der Waals surface area contributed by atoms with Gasteiger partial charge in [0.15, 0.2) is 0 Å². The van der Waals surface area contributed by atoms with E-state index in [0.29, 0.717) is 6.54 Å². The topological polar surface area (TPSA) is 56.1 Å². The van der Waals surface area contributed by atoms with Crippen LogP contribution in [-0.4, -0.2) is 23.9 Å². The summed E-state index contributed by atoms with van der Waals surface area (Å²) in [4.78, 5) is 14.0. The molecule has 0 unspecified atom stereocenters. The van der Waals surface area contributed by atoms with Gasteiger partial charge in [0, 0.05) is 25.8 Å². The Morgan fingerprint density at radius 1 is 1.29 bits per heavy atom. The number of hydrogen-bond acceptors (Lipinski definition) is 3. The highest BCUT2D eigenvalue weighted by molar-refractivity contribution is 5.97. The number of likely N-dealkylation sites (tertiary alicyclic amines) is 1. The molecule has 4 nitrogen and oxygen atoms in total. The van der Waals surface area contributed by atoms with E-state index in [1.165, 1.54) is 18.2 Å². The van der Waals surface area contributed by atoms with Gasteiger partial charge in [-0.15, -0.1) is 0 Å². The minimum Gasteiger partial charge on any atom is -0.386 e. The van der Waals surface area contributed by atoms with Gasteiger partial charge in [0.25, 0.3) is 5.91 Å². The lowest BCUT2D eigenvalue weighted by molar-refractivity contribution is -0.127. The van der Waals surface area contributed by atoms with E-state index in [1.54, 1.807) is 4.90 Å². The minimum atomic E-state index is -0.159. The summed E-state index contributed by atoms with van der Waals surface area (Å²) in [7, 11) is 0. The molecule has 0 bridgehead atoms. The summed E-state index contributed by atoms with van der Waals surface area (Å²) in [5, 5.41) is 12.2. The molecule has 4 heteroatoms. The summed E-state index contributed by atoms with van der Waals surface area (Å²) in [5.74, 6) is -0.159. The molecule has 1 amide bonds. The van der Waals surface area contributed by atoms with E-state index in [4.69, 9.17) is 5.26 Å². The number of nitrogens with zero attached hydrogens (tertiary/aromatic N) is 2. The number of piperidine rings is 1. The van der Waals surface area contributed by atoms with Gasteiger partial charge >= 0.3 is 0 Å². The average molecular weight is 283 g/mol. The predicted molar refractivity (Wildman–Crippen MR) is 82.1 cm³/mol. The summed E-state index contributed by atoms with van der Waals surface area (Å²) in [5.41, 5.74) is 2.52. The van der Waals surface area contributed by atoms with E-state index in [2.05, 4.69) is 5.32 Å². The Kier molecular flexibility index (Phi) is 5.39. The molecule has 1 aromatic rings. The Balaban J connectivity index is 1.92. The van der Waals surface area contributed by atoms with Crippen molar-refractivity contribution in [3.63, 3.8) is 0 Å². The maximum Gasteiger partial charge on any atom is 0.265 e. The molecule has 2 rings (SSSR count).